The molecule has 0 saturated carbocycles. The number of rotatable bonds is 12. The molecule has 0 aliphatic carbocycles. The van der Waals surface area contributed by atoms with Gasteiger partial charge in [0.05, 0.1) is 32.0 Å². The molecule has 2 amide bonds. The van der Waals surface area contributed by atoms with Gasteiger partial charge in [-0.3, -0.25) is 9.59 Å². The Morgan fingerprint density at radius 2 is 1.48 bits per heavy atom. The molecular formula is C25H42N2O19. The van der Waals surface area contributed by atoms with E-state index in [-0.39, 0.29) is 0 Å². The summed E-state index contributed by atoms with van der Waals surface area (Å²) in [6.07, 6.45) is -24.8. The Bertz CT molecular complexity index is 1050. The normalized spacial score (nSPS) is 42.9. The van der Waals surface area contributed by atoms with E-state index in [1.54, 1.807) is 0 Å². The third-order valence-corrected chi connectivity index (χ3v) is 7.87. The molecule has 0 spiro atoms. The maximum Gasteiger partial charge on any atom is 0.364 e. The maximum absolute atomic E-state index is 12.5. The summed E-state index contributed by atoms with van der Waals surface area (Å²) in [5.41, 5.74) is 0. The predicted octanol–water partition coefficient (Wildman–Crippen LogP) is -8.08. The summed E-state index contributed by atoms with van der Waals surface area (Å²) in [5, 5.41) is 117. The van der Waals surface area contributed by atoms with Gasteiger partial charge in [-0.15, -0.1) is 0 Å². The first kappa shape index (κ1) is 38.3. The lowest BCUT2D eigenvalue weighted by molar-refractivity contribution is -0.351. The lowest BCUT2D eigenvalue weighted by atomic mass is 9.88. The summed E-state index contributed by atoms with van der Waals surface area (Å²) in [6, 6.07) is -3.06. The number of carbonyl (C=O) groups is 3. The maximum atomic E-state index is 12.5. The van der Waals surface area contributed by atoms with Gasteiger partial charge in [0.1, 0.15) is 67.1 Å². The van der Waals surface area contributed by atoms with Crippen LogP contribution in [0.2, 0.25) is 0 Å². The minimum Gasteiger partial charge on any atom is -0.477 e. The Labute approximate surface area is 260 Å². The van der Waals surface area contributed by atoms with Gasteiger partial charge in [-0.2, -0.15) is 0 Å². The van der Waals surface area contributed by atoms with E-state index in [2.05, 4.69) is 10.6 Å². The van der Waals surface area contributed by atoms with E-state index in [0.717, 1.165) is 13.8 Å². The Balaban J connectivity index is 1.87. The number of aliphatic carboxylic acids is 1. The van der Waals surface area contributed by atoms with Gasteiger partial charge in [-0.25, -0.2) is 4.79 Å². The van der Waals surface area contributed by atoms with Crippen LogP contribution in [0.4, 0.5) is 0 Å². The first-order valence-electron chi connectivity index (χ1n) is 14.2. The fourth-order valence-corrected chi connectivity index (χ4v) is 5.45. The highest BCUT2D eigenvalue weighted by Gasteiger charge is 2.57. The Morgan fingerprint density at radius 1 is 0.870 bits per heavy atom. The number of amides is 2. The number of carboxylic acid groups (broad SMARTS) is 1. The van der Waals surface area contributed by atoms with Crippen molar-refractivity contribution in [2.75, 3.05) is 19.8 Å². The molecular weight excluding hydrogens is 632 g/mol. The van der Waals surface area contributed by atoms with Gasteiger partial charge in [0.2, 0.25) is 11.8 Å². The number of hydrogen-bond donors (Lipinski definition) is 13. The van der Waals surface area contributed by atoms with Gasteiger partial charge in [0.25, 0.3) is 5.79 Å². The van der Waals surface area contributed by atoms with Crippen LogP contribution in [0.5, 0.6) is 0 Å². The van der Waals surface area contributed by atoms with E-state index in [1.807, 2.05) is 0 Å². The van der Waals surface area contributed by atoms with Gasteiger partial charge in [-0.1, -0.05) is 0 Å². The molecule has 0 bridgehead atoms. The highest BCUT2D eigenvalue weighted by molar-refractivity contribution is 5.76. The lowest BCUT2D eigenvalue weighted by Gasteiger charge is -2.48. The van der Waals surface area contributed by atoms with E-state index >= 15 is 0 Å². The van der Waals surface area contributed by atoms with Crippen LogP contribution in [0.3, 0.4) is 0 Å². The SMILES string of the molecule is CC(=O)NC1[C@@H](O[C@@H]2OC(CO)[C@H](O)C(O)[C@@H]2O)[C@@H](O)C(CO[C@]2(C(=O)O)C[C@@H](O)[C@@H](NC(C)=O)C([C@H](O)[C@H](O)CO)O2)O[C@@H]1O. The molecule has 3 heterocycles. The van der Waals surface area contributed by atoms with Gasteiger partial charge >= 0.3 is 5.97 Å². The molecule has 3 fully saturated rings. The third kappa shape index (κ3) is 8.26. The average molecular weight is 675 g/mol. The molecule has 3 saturated heterocycles. The Morgan fingerprint density at radius 3 is 2.02 bits per heavy atom. The van der Waals surface area contributed by atoms with Crippen molar-refractivity contribution in [2.45, 2.75) is 118 Å². The molecule has 16 atom stereocenters. The minimum atomic E-state index is -2.84. The Hall–Kier alpha value is -2.19. The standard InChI is InChI=1S/C25H42N2O19/c1-7(30)26-13-9(32)3-25(24(40)41,46-21(13)15(34)10(33)4-28)42-6-12-17(36)20(14(22(39)43-12)27-8(2)31)45-23-19(38)18(37)16(35)11(5-29)44-23/h9-23,28-29,32-39H,3-6H2,1-2H3,(H,26,30)(H,27,31)(H,40,41)/t9-,10-,11?,12?,13-,14?,15-,16+,17+,18?,19+,20-,21?,22+,23+,25-/m1/s1. The number of nitrogens with one attached hydrogen (secondary N) is 2. The quantitative estimate of drug-likeness (QED) is 0.0913. The zero-order valence-corrected chi connectivity index (χ0v) is 24.7. The second kappa shape index (κ2) is 15.8. The number of aliphatic hydroxyl groups is 10. The van der Waals surface area contributed by atoms with Gasteiger partial charge in [0.15, 0.2) is 12.6 Å². The molecule has 3 rings (SSSR count). The number of ether oxygens (including phenoxy) is 5. The zero-order chi connectivity index (χ0) is 34.7. The third-order valence-electron chi connectivity index (χ3n) is 7.87. The summed E-state index contributed by atoms with van der Waals surface area (Å²) >= 11 is 0. The van der Waals surface area contributed by atoms with Gasteiger partial charge < -0.3 is 90.5 Å². The van der Waals surface area contributed by atoms with Crippen LogP contribution < -0.4 is 10.6 Å². The van der Waals surface area contributed by atoms with Gasteiger partial charge in [0, 0.05) is 20.3 Å². The van der Waals surface area contributed by atoms with E-state index in [9.17, 15) is 70.6 Å². The molecule has 0 aromatic carbocycles. The molecule has 266 valence electrons. The van der Waals surface area contributed by atoms with Crippen LogP contribution in [0, 0.1) is 0 Å². The van der Waals surface area contributed by atoms with Crippen molar-refractivity contribution >= 4 is 17.8 Å². The monoisotopic (exact) mass is 674 g/mol. The van der Waals surface area contributed by atoms with Crippen molar-refractivity contribution in [3.8, 4) is 0 Å². The topological polar surface area (TPSA) is 344 Å². The molecule has 5 unspecified atom stereocenters. The highest BCUT2D eigenvalue weighted by Crippen LogP contribution is 2.35. The summed E-state index contributed by atoms with van der Waals surface area (Å²) in [6.45, 7) is -0.705. The van der Waals surface area contributed by atoms with Crippen LogP contribution in [0.25, 0.3) is 0 Å². The Kier molecular flexibility index (Phi) is 13.1. The van der Waals surface area contributed by atoms with Crippen LogP contribution in [0.1, 0.15) is 20.3 Å². The van der Waals surface area contributed by atoms with E-state index in [4.69, 9.17) is 23.7 Å². The number of aliphatic hydroxyl groups excluding tert-OH is 10. The summed E-state index contributed by atoms with van der Waals surface area (Å²) in [7, 11) is 0. The molecule has 21 nitrogen and oxygen atoms in total. The molecule has 46 heavy (non-hydrogen) atoms. The largest absolute Gasteiger partial charge is 0.477 e. The summed E-state index contributed by atoms with van der Waals surface area (Å²) in [5.74, 6) is -6.18. The fraction of sp³-hybridized carbons (Fsp3) is 0.880. The van der Waals surface area contributed by atoms with Crippen LogP contribution in [-0.4, -0.2) is 191 Å². The molecule has 0 radical (unpaired) electrons. The zero-order valence-electron chi connectivity index (χ0n) is 24.7. The van der Waals surface area contributed by atoms with Gasteiger partial charge in [-0.05, 0) is 0 Å². The van der Waals surface area contributed by atoms with Crippen LogP contribution >= 0.6 is 0 Å². The van der Waals surface area contributed by atoms with Crippen molar-refractivity contribution in [1.82, 2.24) is 10.6 Å². The molecule has 13 N–H and O–H groups in total. The molecule has 0 aromatic rings. The van der Waals surface area contributed by atoms with Crippen LogP contribution in [0.15, 0.2) is 0 Å². The van der Waals surface area contributed by atoms with Crippen LogP contribution in [-0.2, 0) is 38.1 Å². The lowest BCUT2D eigenvalue weighted by Crippen LogP contribution is -2.69. The second-order valence-corrected chi connectivity index (χ2v) is 11.3. The van der Waals surface area contributed by atoms with Crippen molar-refractivity contribution in [2.24, 2.45) is 0 Å². The molecule has 3 aliphatic heterocycles. The molecule has 0 aromatic heterocycles. The van der Waals surface area contributed by atoms with Crippen molar-refractivity contribution in [3.63, 3.8) is 0 Å². The molecule has 21 heteroatoms. The van der Waals surface area contributed by atoms with Crippen molar-refractivity contribution < 1.29 is 94.2 Å². The number of carboxylic acids is 1. The first-order valence-corrected chi connectivity index (χ1v) is 14.2. The van der Waals surface area contributed by atoms with E-state index in [0.29, 0.717) is 0 Å². The number of carbonyl (C=O) groups excluding carboxylic acids is 2. The first-order chi connectivity index (χ1) is 21.5. The highest BCUT2D eigenvalue weighted by atomic mass is 16.7. The average Bonchev–Trinajstić information content (AvgIpc) is 2.99. The van der Waals surface area contributed by atoms with E-state index < -0.39 is 142 Å². The van der Waals surface area contributed by atoms with E-state index in [1.165, 1.54) is 0 Å². The minimum absolute atomic E-state index is 0.723. The van der Waals surface area contributed by atoms with Crippen molar-refractivity contribution in [3.05, 3.63) is 0 Å². The van der Waals surface area contributed by atoms with Crippen molar-refractivity contribution in [1.29, 1.82) is 0 Å². The fourth-order valence-electron chi connectivity index (χ4n) is 5.45. The molecule has 3 aliphatic rings. The predicted molar refractivity (Wildman–Crippen MR) is 142 cm³/mol. The second-order valence-electron chi connectivity index (χ2n) is 11.3. The smallest absolute Gasteiger partial charge is 0.364 e. The summed E-state index contributed by atoms with van der Waals surface area (Å²) in [4.78, 5) is 36.0. The number of hydrogen-bond acceptors (Lipinski definition) is 18. The summed E-state index contributed by atoms with van der Waals surface area (Å²) < 4.78 is 27.2.